The first kappa shape index (κ1) is 18.0. The fraction of sp³-hybridized carbons (Fsp3) is 0.571. The molecule has 0 bridgehead atoms. The third-order valence-corrected chi connectivity index (χ3v) is 5.96. The fourth-order valence-electron chi connectivity index (χ4n) is 3.93. The Hall–Kier alpha value is -2.37. The summed E-state index contributed by atoms with van der Waals surface area (Å²) in [6.45, 7) is 9.00. The van der Waals surface area contributed by atoms with E-state index in [4.69, 9.17) is 4.42 Å². The first-order chi connectivity index (χ1) is 13.0. The fourth-order valence-corrected chi connectivity index (χ4v) is 3.93. The lowest BCUT2D eigenvalue weighted by molar-refractivity contribution is -0.132. The van der Waals surface area contributed by atoms with Crippen LogP contribution in [0.15, 0.2) is 22.6 Å². The van der Waals surface area contributed by atoms with E-state index < -0.39 is 0 Å². The molecule has 6 heteroatoms. The minimum atomic E-state index is 0.270. The van der Waals surface area contributed by atoms with E-state index in [0.717, 1.165) is 13.1 Å². The minimum absolute atomic E-state index is 0.270. The summed E-state index contributed by atoms with van der Waals surface area (Å²) < 4.78 is 5.50. The van der Waals surface area contributed by atoms with E-state index in [2.05, 4.69) is 47.1 Å². The van der Waals surface area contributed by atoms with Crippen molar-refractivity contribution in [3.8, 4) is 0 Å². The highest BCUT2D eigenvalue weighted by Crippen LogP contribution is 2.45. The third-order valence-electron chi connectivity index (χ3n) is 5.96. The number of hydrogen-bond acceptors (Lipinski definition) is 5. The number of aryl methyl sites for hydroxylation is 3. The van der Waals surface area contributed by atoms with Gasteiger partial charge in [0.05, 0.1) is 0 Å². The van der Waals surface area contributed by atoms with Gasteiger partial charge in [0.25, 0.3) is 0 Å². The molecule has 27 heavy (non-hydrogen) atoms. The van der Waals surface area contributed by atoms with Crippen LogP contribution in [-0.4, -0.2) is 47.2 Å². The van der Waals surface area contributed by atoms with Crippen LogP contribution in [0.1, 0.15) is 47.8 Å². The Kier molecular flexibility index (Phi) is 4.89. The van der Waals surface area contributed by atoms with Gasteiger partial charge in [-0.1, -0.05) is 23.3 Å². The van der Waals surface area contributed by atoms with Gasteiger partial charge in [-0.25, -0.2) is 0 Å². The second-order valence-corrected chi connectivity index (χ2v) is 7.96. The lowest BCUT2D eigenvalue weighted by Crippen LogP contribution is -2.49. The molecule has 2 aromatic rings. The first-order valence-electron chi connectivity index (χ1n) is 9.91. The number of aromatic nitrogens is 2. The van der Waals surface area contributed by atoms with Gasteiger partial charge in [-0.15, -0.1) is 5.10 Å². The summed E-state index contributed by atoms with van der Waals surface area (Å²) in [6.07, 6.45) is 3.11. The smallest absolute Gasteiger partial charge is 0.318 e. The van der Waals surface area contributed by atoms with Crippen molar-refractivity contribution in [2.75, 3.05) is 31.1 Å². The zero-order valence-corrected chi connectivity index (χ0v) is 16.4. The molecule has 0 radical (unpaired) electrons. The van der Waals surface area contributed by atoms with Crippen LogP contribution in [0.25, 0.3) is 0 Å². The van der Waals surface area contributed by atoms with Crippen molar-refractivity contribution in [1.82, 2.24) is 15.1 Å². The van der Waals surface area contributed by atoms with E-state index in [1.165, 1.54) is 29.5 Å². The van der Waals surface area contributed by atoms with Crippen LogP contribution >= 0.6 is 0 Å². The Balaban J connectivity index is 1.38. The molecule has 1 aromatic heterocycles. The zero-order valence-electron chi connectivity index (χ0n) is 16.4. The number of carbonyl (C=O) groups excluding carboxylic acids is 1. The summed E-state index contributed by atoms with van der Waals surface area (Å²) in [4.78, 5) is 17.0. The second kappa shape index (κ2) is 7.33. The predicted octanol–water partition coefficient (Wildman–Crippen LogP) is 3.23. The summed E-state index contributed by atoms with van der Waals surface area (Å²) in [5.74, 6) is 1.86. The highest BCUT2D eigenvalue weighted by Gasteiger charge is 2.35. The lowest BCUT2D eigenvalue weighted by atomic mass is 9.88. The van der Waals surface area contributed by atoms with Crippen molar-refractivity contribution >= 4 is 11.9 Å². The maximum atomic E-state index is 13.0. The Morgan fingerprint density at radius 2 is 1.85 bits per heavy atom. The molecule has 0 spiro atoms. The molecule has 1 unspecified atom stereocenters. The molecular weight excluding hydrogens is 340 g/mol. The Labute approximate surface area is 160 Å². The summed E-state index contributed by atoms with van der Waals surface area (Å²) in [5.41, 5.74) is 3.95. The van der Waals surface area contributed by atoms with Crippen molar-refractivity contribution in [3.63, 3.8) is 0 Å². The normalized spacial score (nSPS) is 18.6. The number of carbonyl (C=O) groups is 1. The highest BCUT2D eigenvalue weighted by molar-refractivity contribution is 5.77. The van der Waals surface area contributed by atoms with Gasteiger partial charge in [-0.2, -0.15) is 0 Å². The average molecular weight is 368 g/mol. The van der Waals surface area contributed by atoms with Crippen molar-refractivity contribution in [3.05, 3.63) is 40.8 Å². The molecule has 1 aliphatic carbocycles. The largest absolute Gasteiger partial charge is 0.408 e. The SMILES string of the molecule is Cc1nnc(N2CCN(C(=O)CC(c3ccc(C)c(C)c3)C3CC3)CC2)o1. The molecule has 1 saturated carbocycles. The quantitative estimate of drug-likeness (QED) is 0.811. The molecule has 1 aliphatic heterocycles. The molecule has 6 nitrogen and oxygen atoms in total. The monoisotopic (exact) mass is 368 g/mol. The van der Waals surface area contributed by atoms with Crippen molar-refractivity contribution in [2.45, 2.75) is 46.0 Å². The van der Waals surface area contributed by atoms with E-state index in [1.54, 1.807) is 6.92 Å². The zero-order chi connectivity index (χ0) is 19.0. The topological polar surface area (TPSA) is 62.5 Å². The number of piperazine rings is 1. The van der Waals surface area contributed by atoms with Gasteiger partial charge in [0.15, 0.2) is 0 Å². The van der Waals surface area contributed by atoms with Crippen LogP contribution in [-0.2, 0) is 4.79 Å². The number of rotatable bonds is 5. The van der Waals surface area contributed by atoms with E-state index >= 15 is 0 Å². The lowest BCUT2D eigenvalue weighted by Gasteiger charge is -2.34. The van der Waals surface area contributed by atoms with Crippen LogP contribution < -0.4 is 4.90 Å². The number of nitrogens with zero attached hydrogens (tertiary/aromatic N) is 4. The van der Waals surface area contributed by atoms with Gasteiger partial charge in [0.1, 0.15) is 0 Å². The molecule has 2 heterocycles. The van der Waals surface area contributed by atoms with Crippen molar-refractivity contribution < 1.29 is 9.21 Å². The molecule has 2 fully saturated rings. The first-order valence-corrected chi connectivity index (χ1v) is 9.91. The number of amides is 1. The van der Waals surface area contributed by atoms with E-state index in [0.29, 0.717) is 43.3 Å². The van der Waals surface area contributed by atoms with Gasteiger partial charge in [-0.05, 0) is 55.2 Å². The molecular formula is C21H28N4O2. The summed E-state index contributed by atoms with van der Waals surface area (Å²) >= 11 is 0. The van der Waals surface area contributed by atoms with Crippen LogP contribution in [0.3, 0.4) is 0 Å². The van der Waals surface area contributed by atoms with Crippen LogP contribution in [0.4, 0.5) is 6.01 Å². The summed E-state index contributed by atoms with van der Waals surface area (Å²) in [5, 5.41) is 7.97. The molecule has 1 saturated heterocycles. The molecule has 2 aliphatic rings. The standard InChI is InChI=1S/C21H28N4O2/c1-14-4-5-18(12-15(14)2)19(17-6-7-17)13-20(26)24-8-10-25(11-9-24)21-23-22-16(3)27-21/h4-5,12,17,19H,6-11,13H2,1-3H3. The molecule has 1 amide bonds. The Morgan fingerprint density at radius 1 is 1.11 bits per heavy atom. The van der Waals surface area contributed by atoms with Gasteiger partial charge in [-0.3, -0.25) is 4.79 Å². The van der Waals surface area contributed by atoms with Crippen LogP contribution in [0.2, 0.25) is 0 Å². The summed E-state index contributed by atoms with van der Waals surface area (Å²) in [7, 11) is 0. The number of hydrogen-bond donors (Lipinski definition) is 0. The predicted molar refractivity (Wildman–Crippen MR) is 104 cm³/mol. The van der Waals surface area contributed by atoms with Crippen molar-refractivity contribution in [1.29, 1.82) is 0 Å². The van der Waals surface area contributed by atoms with Gasteiger partial charge in [0.2, 0.25) is 11.8 Å². The Morgan fingerprint density at radius 3 is 2.44 bits per heavy atom. The molecule has 1 atom stereocenters. The van der Waals surface area contributed by atoms with E-state index in [-0.39, 0.29) is 5.91 Å². The third kappa shape index (κ3) is 3.99. The second-order valence-electron chi connectivity index (χ2n) is 7.96. The minimum Gasteiger partial charge on any atom is -0.408 e. The maximum absolute atomic E-state index is 13.0. The van der Waals surface area contributed by atoms with Crippen LogP contribution in [0.5, 0.6) is 0 Å². The van der Waals surface area contributed by atoms with E-state index in [1.807, 2.05) is 4.90 Å². The maximum Gasteiger partial charge on any atom is 0.318 e. The van der Waals surface area contributed by atoms with E-state index in [9.17, 15) is 4.79 Å². The highest BCUT2D eigenvalue weighted by atomic mass is 16.4. The van der Waals surface area contributed by atoms with Gasteiger partial charge >= 0.3 is 6.01 Å². The van der Waals surface area contributed by atoms with Crippen LogP contribution in [0, 0.1) is 26.7 Å². The molecule has 1 aromatic carbocycles. The van der Waals surface area contributed by atoms with Gasteiger partial charge in [0, 0.05) is 39.5 Å². The molecule has 144 valence electrons. The summed E-state index contributed by atoms with van der Waals surface area (Å²) in [6, 6.07) is 7.25. The van der Waals surface area contributed by atoms with Crippen molar-refractivity contribution in [2.24, 2.45) is 5.92 Å². The average Bonchev–Trinajstić information content (AvgIpc) is 3.42. The molecule has 4 rings (SSSR count). The number of benzene rings is 1. The number of anilines is 1. The molecule has 0 N–H and O–H groups in total. The Bertz CT molecular complexity index is 819. The van der Waals surface area contributed by atoms with Gasteiger partial charge < -0.3 is 14.2 Å².